The fourth-order valence-corrected chi connectivity index (χ4v) is 2.23. The minimum absolute atomic E-state index is 0.0540. The normalized spacial score (nSPS) is 22.3. The lowest BCUT2D eigenvalue weighted by molar-refractivity contribution is 0.0832. The molecule has 4 nitrogen and oxygen atoms in total. The van der Waals surface area contributed by atoms with Crippen molar-refractivity contribution < 1.29 is 4.74 Å². The van der Waals surface area contributed by atoms with Gasteiger partial charge >= 0.3 is 0 Å². The molecule has 0 aromatic carbocycles. The van der Waals surface area contributed by atoms with Crippen LogP contribution in [0, 0.1) is 0 Å². The lowest BCUT2D eigenvalue weighted by Gasteiger charge is -2.20. The molecule has 1 N–H and O–H groups in total. The fraction of sp³-hybridized carbons (Fsp3) is 0.786. The minimum atomic E-state index is 0.0540. The van der Waals surface area contributed by atoms with Crippen LogP contribution in [0.3, 0.4) is 0 Å². The van der Waals surface area contributed by atoms with Crippen molar-refractivity contribution in [1.82, 2.24) is 15.1 Å². The van der Waals surface area contributed by atoms with E-state index in [2.05, 4.69) is 44.3 Å². The summed E-state index contributed by atoms with van der Waals surface area (Å²) in [5.74, 6) is 0. The Morgan fingerprint density at radius 1 is 1.56 bits per heavy atom. The van der Waals surface area contributed by atoms with E-state index in [1.54, 1.807) is 0 Å². The molecular weight excluding hydrogens is 226 g/mol. The highest BCUT2D eigenvalue weighted by molar-refractivity contribution is 5.05. The number of rotatable bonds is 4. The molecule has 0 bridgehead atoms. The van der Waals surface area contributed by atoms with E-state index in [1.165, 1.54) is 18.4 Å². The van der Waals surface area contributed by atoms with E-state index in [4.69, 9.17) is 4.74 Å². The molecule has 1 fully saturated rings. The Bertz CT molecular complexity index is 375. The minimum Gasteiger partial charge on any atom is -0.377 e. The number of nitrogens with zero attached hydrogens (tertiary/aromatic N) is 2. The molecule has 102 valence electrons. The molecule has 1 saturated heterocycles. The van der Waals surface area contributed by atoms with Crippen LogP contribution in [0.15, 0.2) is 12.4 Å². The first-order chi connectivity index (χ1) is 8.47. The van der Waals surface area contributed by atoms with Gasteiger partial charge in [0.25, 0.3) is 0 Å². The first kappa shape index (κ1) is 13.6. The van der Waals surface area contributed by atoms with Crippen LogP contribution >= 0.6 is 0 Å². The van der Waals surface area contributed by atoms with E-state index in [0.29, 0.717) is 12.1 Å². The molecule has 4 heteroatoms. The van der Waals surface area contributed by atoms with Gasteiger partial charge in [-0.15, -0.1) is 0 Å². The molecule has 2 atom stereocenters. The van der Waals surface area contributed by atoms with E-state index in [-0.39, 0.29) is 5.54 Å². The lowest BCUT2D eigenvalue weighted by atomic mass is 10.1. The lowest BCUT2D eigenvalue weighted by Crippen LogP contribution is -2.36. The van der Waals surface area contributed by atoms with Gasteiger partial charge in [-0.1, -0.05) is 0 Å². The van der Waals surface area contributed by atoms with Gasteiger partial charge in [0.15, 0.2) is 0 Å². The van der Waals surface area contributed by atoms with Crippen LogP contribution in [0.2, 0.25) is 0 Å². The van der Waals surface area contributed by atoms with Crippen molar-refractivity contribution >= 4 is 0 Å². The average molecular weight is 251 g/mol. The monoisotopic (exact) mass is 251 g/mol. The first-order valence-electron chi connectivity index (χ1n) is 6.86. The van der Waals surface area contributed by atoms with Crippen LogP contribution in [0.1, 0.15) is 46.1 Å². The molecule has 0 radical (unpaired) electrons. The fourth-order valence-electron chi connectivity index (χ4n) is 2.23. The Labute approximate surface area is 110 Å². The Kier molecular flexibility index (Phi) is 4.07. The number of hydrogen-bond donors (Lipinski definition) is 1. The van der Waals surface area contributed by atoms with Gasteiger partial charge in [0.2, 0.25) is 0 Å². The number of aromatic nitrogens is 2. The van der Waals surface area contributed by atoms with Crippen molar-refractivity contribution in [1.29, 1.82) is 0 Å². The first-order valence-corrected chi connectivity index (χ1v) is 6.86. The second-order valence-electron chi connectivity index (χ2n) is 6.19. The maximum Gasteiger partial charge on any atom is 0.0726 e. The van der Waals surface area contributed by atoms with Gasteiger partial charge in [-0.3, -0.25) is 4.68 Å². The SMILES string of the molecule is C[C@H](NCc1cnn(C(C)(C)C)c1)[C@@H]1CCCO1. The van der Waals surface area contributed by atoms with Crippen LogP contribution in [0.5, 0.6) is 0 Å². The summed E-state index contributed by atoms with van der Waals surface area (Å²) in [5.41, 5.74) is 1.29. The van der Waals surface area contributed by atoms with Crippen molar-refractivity contribution in [2.45, 2.75) is 64.8 Å². The van der Waals surface area contributed by atoms with Crippen LogP contribution in [-0.2, 0) is 16.8 Å². The Morgan fingerprint density at radius 2 is 2.33 bits per heavy atom. The maximum absolute atomic E-state index is 5.68. The van der Waals surface area contributed by atoms with E-state index >= 15 is 0 Å². The van der Waals surface area contributed by atoms with Crippen LogP contribution < -0.4 is 5.32 Å². The Morgan fingerprint density at radius 3 is 2.89 bits per heavy atom. The summed E-state index contributed by atoms with van der Waals surface area (Å²) in [7, 11) is 0. The summed E-state index contributed by atoms with van der Waals surface area (Å²) in [6.07, 6.45) is 6.81. The molecular formula is C14H25N3O. The number of ether oxygens (including phenoxy) is 1. The summed E-state index contributed by atoms with van der Waals surface area (Å²) >= 11 is 0. The average Bonchev–Trinajstić information content (AvgIpc) is 2.96. The molecule has 1 aromatic heterocycles. The predicted molar refractivity (Wildman–Crippen MR) is 72.5 cm³/mol. The summed E-state index contributed by atoms with van der Waals surface area (Å²) in [6.45, 7) is 10.4. The van der Waals surface area contributed by atoms with Crippen molar-refractivity contribution in [3.05, 3.63) is 18.0 Å². The highest BCUT2D eigenvalue weighted by Gasteiger charge is 2.22. The van der Waals surface area contributed by atoms with Crippen LogP contribution in [0.25, 0.3) is 0 Å². The van der Waals surface area contributed by atoms with Crippen molar-refractivity contribution in [2.24, 2.45) is 0 Å². The van der Waals surface area contributed by atoms with Gasteiger partial charge in [-0.2, -0.15) is 5.10 Å². The smallest absolute Gasteiger partial charge is 0.0726 e. The van der Waals surface area contributed by atoms with E-state index in [9.17, 15) is 0 Å². The highest BCUT2D eigenvalue weighted by Crippen LogP contribution is 2.16. The molecule has 1 aliphatic heterocycles. The van der Waals surface area contributed by atoms with Gasteiger partial charge in [-0.25, -0.2) is 0 Å². The third-order valence-corrected chi connectivity index (χ3v) is 3.47. The summed E-state index contributed by atoms with van der Waals surface area (Å²) in [6, 6.07) is 0.408. The van der Waals surface area contributed by atoms with E-state index in [1.807, 2.05) is 10.9 Å². The Hall–Kier alpha value is -0.870. The van der Waals surface area contributed by atoms with Gasteiger partial charge < -0.3 is 10.1 Å². The molecule has 18 heavy (non-hydrogen) atoms. The van der Waals surface area contributed by atoms with Gasteiger partial charge in [0.1, 0.15) is 0 Å². The third kappa shape index (κ3) is 3.33. The van der Waals surface area contributed by atoms with E-state index < -0.39 is 0 Å². The molecule has 0 unspecified atom stereocenters. The predicted octanol–water partition coefficient (Wildman–Crippen LogP) is 2.30. The molecule has 0 aliphatic carbocycles. The topological polar surface area (TPSA) is 39.1 Å². The largest absolute Gasteiger partial charge is 0.377 e. The zero-order valence-electron chi connectivity index (χ0n) is 11.9. The summed E-state index contributed by atoms with van der Waals surface area (Å²) < 4.78 is 7.69. The number of hydrogen-bond acceptors (Lipinski definition) is 3. The standard InChI is InChI=1S/C14H25N3O/c1-11(13-6-5-7-18-13)15-8-12-9-16-17(10-12)14(2,3)4/h9-11,13,15H,5-8H2,1-4H3/t11-,13-/m0/s1. The van der Waals surface area contributed by atoms with Crippen molar-refractivity contribution in [2.75, 3.05) is 6.61 Å². The molecule has 1 aromatic rings. The zero-order chi connectivity index (χ0) is 13.2. The second-order valence-corrected chi connectivity index (χ2v) is 6.19. The highest BCUT2D eigenvalue weighted by atomic mass is 16.5. The molecule has 2 heterocycles. The summed E-state index contributed by atoms with van der Waals surface area (Å²) in [4.78, 5) is 0. The maximum atomic E-state index is 5.68. The second kappa shape index (κ2) is 5.41. The van der Waals surface area contributed by atoms with Crippen molar-refractivity contribution in [3.63, 3.8) is 0 Å². The molecule has 0 spiro atoms. The Balaban J connectivity index is 1.84. The van der Waals surface area contributed by atoms with Gasteiger partial charge in [0.05, 0.1) is 17.8 Å². The quantitative estimate of drug-likeness (QED) is 0.892. The molecule has 0 saturated carbocycles. The zero-order valence-corrected chi connectivity index (χ0v) is 11.9. The molecule has 2 rings (SSSR count). The molecule has 1 aliphatic rings. The number of nitrogens with one attached hydrogen (secondary N) is 1. The van der Waals surface area contributed by atoms with Crippen LogP contribution in [0.4, 0.5) is 0 Å². The van der Waals surface area contributed by atoms with Crippen LogP contribution in [-0.4, -0.2) is 28.5 Å². The third-order valence-electron chi connectivity index (χ3n) is 3.47. The van der Waals surface area contributed by atoms with E-state index in [0.717, 1.165) is 13.2 Å². The van der Waals surface area contributed by atoms with Gasteiger partial charge in [-0.05, 0) is 40.5 Å². The summed E-state index contributed by atoms with van der Waals surface area (Å²) in [5, 5.41) is 7.94. The molecule has 0 amide bonds. The van der Waals surface area contributed by atoms with Crippen molar-refractivity contribution in [3.8, 4) is 0 Å². The van der Waals surface area contributed by atoms with Gasteiger partial charge in [0, 0.05) is 31.0 Å².